The van der Waals surface area contributed by atoms with Crippen LogP contribution in [0.5, 0.6) is 0 Å². The predicted octanol–water partition coefficient (Wildman–Crippen LogP) is 6.25. The number of nitrogens with one attached hydrogen (secondary N) is 11. The average Bonchev–Trinajstić information content (AvgIpc) is 1.53. The molecule has 6 saturated heterocycles. The molecule has 18 atom stereocenters. The van der Waals surface area contributed by atoms with Crippen LogP contribution in [0.4, 0.5) is 14.4 Å². The molecule has 0 aromatic rings. The topological polar surface area (TPSA) is 539 Å². The van der Waals surface area contributed by atoms with Crippen LogP contribution < -0.4 is 64.2 Å². The fourth-order valence-electron chi connectivity index (χ4n) is 24.4. The Morgan fingerprint density at radius 1 is 0.407 bits per heavy atom. The van der Waals surface area contributed by atoms with Crippen LogP contribution in [-0.4, -0.2) is 315 Å². The van der Waals surface area contributed by atoms with Gasteiger partial charge in [0.15, 0.2) is 0 Å². The molecule has 13 N–H and O–H groups in total. The van der Waals surface area contributed by atoms with Crippen molar-refractivity contribution >= 4 is 119 Å². The minimum atomic E-state index is -3.67. The number of rotatable bonds is 39. The lowest BCUT2D eigenvalue weighted by Crippen LogP contribution is -2.63. The van der Waals surface area contributed by atoms with Gasteiger partial charge in [-0.15, -0.1) is 25.5 Å². The number of primary amides is 1. The third kappa shape index (κ3) is 29.3. The van der Waals surface area contributed by atoms with E-state index >= 15 is 0 Å². The maximum Gasteiger partial charge on any atom is 0.315 e. The summed E-state index contributed by atoms with van der Waals surface area (Å²) in [7, 11) is -8.94. The van der Waals surface area contributed by atoms with Gasteiger partial charge in [0, 0.05) is 110 Å². The standard InChI is InChI=1S/C37H58N6O7S.C36H61N7O7S.C34H56N6O7S/c1-8-10-18-26(30(44)33(46)38-19-9-2)39-32(45)29-28-25(37(28,6)7)22-43(29)34(47)31(36(3,4)5)41-35(48)40-27(24-16-12-11-13-17-24)23-42-20-14-15-21-51(42,49)50;1-11-16-37-31(46)28(44)24(19-22-14-12-15-22)38-30(45)27-26-23(36(26,8)9)20-43(27)32(47)29(35(5,6)7)40-33(48)39-25(34(2,3)4)21-42-18-13-17-41(10)51(42,49)50;1-33(2,3)28(38-32(45)37-24(21-11-7-6-8-12-21)19-39-15-9-10-16-48(39,46)47)31(44)40-18-22-25(34(22,4)5)26(40)30(43)36-23(17-20-13-14-20)27(41)29(35)42/h1,9,24-29,31H,2,10-23H2,3-7H3,(H,38,46)(H,39,45)(H2,40,41,48);11,22-27,29H,1,12-21H2,2-10H3,(H,37,46)(H,38,45)(H2,39,40,48);20-26,28H,6-19H2,1-5H3,(H2,35,42)(H,36,43)(H2,37,38,45)/t25-,26?,27+,28-,29-,31+;23-,24?,25+,26-,27-,29+;22-,23?,24+,25-,26-,28+/m000/s1. The number of hydrogen-bond donors (Lipinski definition) is 12. The van der Waals surface area contributed by atoms with Gasteiger partial charge in [-0.1, -0.05) is 207 Å². The molecule has 15 amide bonds. The largest absolute Gasteiger partial charge is 0.363 e. The summed E-state index contributed by atoms with van der Waals surface area (Å²) in [6.07, 6.45) is 27.2. The van der Waals surface area contributed by atoms with E-state index in [0.717, 1.165) is 109 Å². The third-order valence-electron chi connectivity index (χ3n) is 34.6. The van der Waals surface area contributed by atoms with Gasteiger partial charge in [0.2, 0.25) is 72.8 Å². The quantitative estimate of drug-likeness (QED) is 0.0184. The highest BCUT2D eigenvalue weighted by Crippen LogP contribution is 2.67. The van der Waals surface area contributed by atoms with Gasteiger partial charge in [-0.25, -0.2) is 31.2 Å². The number of ketones is 3. The minimum absolute atomic E-state index is 0.0320. The number of terminal acetylenes is 1. The van der Waals surface area contributed by atoms with E-state index in [9.17, 15) is 97.2 Å². The molecule has 7 saturated carbocycles. The number of nitrogens with zero attached hydrogens (tertiary/aromatic N) is 7. The van der Waals surface area contributed by atoms with Crippen molar-refractivity contribution in [3.05, 3.63) is 25.3 Å². The fraction of sp³-hybridized carbons (Fsp3) is 0.804. The highest BCUT2D eigenvalue weighted by atomic mass is 32.2. The molecule has 3 unspecified atom stereocenters. The van der Waals surface area contributed by atoms with Crippen molar-refractivity contribution in [3.8, 4) is 12.3 Å². The summed E-state index contributed by atoms with van der Waals surface area (Å²) in [6, 6.07) is -12.1. The van der Waals surface area contributed by atoms with Crippen LogP contribution >= 0.6 is 0 Å². The molecule has 13 fully saturated rings. The second kappa shape index (κ2) is 48.8. The van der Waals surface area contributed by atoms with E-state index in [1.54, 1.807) is 0 Å². The number of amides is 15. The maximum absolute atomic E-state index is 14.5. The number of carbonyl (C=O) groups is 15. The Hall–Kier alpha value is -9.22. The van der Waals surface area contributed by atoms with Crippen molar-refractivity contribution in [2.45, 2.75) is 351 Å². The number of sulfonamides is 2. The van der Waals surface area contributed by atoms with Gasteiger partial charge in [0.1, 0.15) is 36.3 Å². The number of nitrogens with two attached hydrogens (primary N) is 1. The highest BCUT2D eigenvalue weighted by Gasteiger charge is 2.73. The SMILES string of the molecule is C#CCCC(NC(=O)[C@@H]1[C@@H]2[C@H](CN1C(=O)[C@@H](NC(=O)N[C@H](CN1CCCCS1(=O)=O)C1CCCCC1)C(C)(C)C)C2(C)C)C(=O)C(=O)NCC=C.C=CCNC(=O)C(=O)C(CC1CCC1)NC(=O)[C@@H]1[C@@H]2[C@H](CN1C(=O)[C@@H](NC(=O)N[C@H](CN1CCCN(C)S1(=O)=O)C(C)(C)C)C(C)(C)C)C2(C)C.CC(C)(C)[C@H](NC(=O)N[C@H](CN1CCCCS1(=O)=O)C1CCCCC1)C(=O)N1C[C@H]2[C@@H]([C@H]1C(=O)NC(CC1CC1)C(=O)C(N)=O)C2(C)C. The van der Waals surface area contributed by atoms with E-state index in [1.165, 1.54) is 51.1 Å². The number of Topliss-reactive ketones (excluding diaryl/α,β-unsaturated/α-hetero) is 3. The molecule has 150 heavy (non-hydrogen) atoms. The molecule has 6 aliphatic heterocycles. The molecule has 0 aromatic carbocycles. The van der Waals surface area contributed by atoms with Crippen LogP contribution in [0.2, 0.25) is 0 Å². The Morgan fingerprint density at radius 2 is 0.753 bits per heavy atom. The molecule has 40 nitrogen and oxygen atoms in total. The van der Waals surface area contributed by atoms with Crippen molar-refractivity contribution in [2.24, 2.45) is 103 Å². The Bertz CT molecular complexity index is 5390. The molecule has 6 heterocycles. The summed E-state index contributed by atoms with van der Waals surface area (Å²) in [5, 5.41) is 31.2. The number of likely N-dealkylation sites (tertiary alicyclic amines) is 3. The summed E-state index contributed by atoms with van der Waals surface area (Å²) in [5.41, 5.74) is 1.90. The van der Waals surface area contributed by atoms with E-state index < -0.39 is 213 Å². The average molecular weight is 2160 g/mol. The number of urea groups is 3. The van der Waals surface area contributed by atoms with Gasteiger partial charge in [0.25, 0.3) is 27.9 Å². The Labute approximate surface area is 890 Å². The van der Waals surface area contributed by atoms with Crippen molar-refractivity contribution < 1.29 is 97.2 Å². The lowest BCUT2D eigenvalue weighted by Gasteiger charge is -2.40. The van der Waals surface area contributed by atoms with Gasteiger partial charge < -0.3 is 78.9 Å². The molecule has 13 rings (SSSR count). The monoisotopic (exact) mass is 2160 g/mol. The molecule has 0 aromatic heterocycles. The molecule has 13 aliphatic rings. The van der Waals surface area contributed by atoms with Crippen molar-refractivity contribution in [3.63, 3.8) is 0 Å². The smallest absolute Gasteiger partial charge is 0.315 e. The minimum Gasteiger partial charge on any atom is -0.363 e. The molecule has 842 valence electrons. The summed E-state index contributed by atoms with van der Waals surface area (Å²) in [6.45, 7) is 44.9. The molecular formula is C107H175N19O21S3. The predicted molar refractivity (Wildman–Crippen MR) is 568 cm³/mol. The molecule has 0 spiro atoms. The van der Waals surface area contributed by atoms with Crippen molar-refractivity contribution in [1.82, 2.24) is 90.4 Å². The second-order valence-corrected chi connectivity index (χ2v) is 57.0. The summed E-state index contributed by atoms with van der Waals surface area (Å²) in [5.74, 6) is -4.87. The summed E-state index contributed by atoms with van der Waals surface area (Å²) < 4.78 is 83.2. The van der Waals surface area contributed by atoms with E-state index in [0.29, 0.717) is 77.9 Å². The van der Waals surface area contributed by atoms with E-state index in [-0.39, 0.29) is 132 Å². The van der Waals surface area contributed by atoms with E-state index in [4.69, 9.17) is 12.2 Å². The first-order chi connectivity index (χ1) is 69.9. The summed E-state index contributed by atoms with van der Waals surface area (Å²) in [4.78, 5) is 207. The zero-order chi connectivity index (χ0) is 111. The zero-order valence-electron chi connectivity index (χ0n) is 92.2. The third-order valence-corrected chi connectivity index (χ3v) is 40.4. The van der Waals surface area contributed by atoms with Gasteiger partial charge in [-0.05, 0) is 174 Å². The first kappa shape index (κ1) is 121. The number of carbonyl (C=O) groups excluding carboxylic acids is 15. The first-order valence-electron chi connectivity index (χ1n) is 54.7. The number of fused-ring (bicyclic) bond motifs is 3. The lowest BCUT2D eigenvalue weighted by atomic mass is 9.80. The summed E-state index contributed by atoms with van der Waals surface area (Å²) >= 11 is 0. The van der Waals surface area contributed by atoms with E-state index in [1.807, 2.05) is 96.9 Å². The Balaban J connectivity index is 0.000000213. The normalized spacial score (nSPS) is 27.0. The fourth-order valence-corrected chi connectivity index (χ4v) is 29.1. The van der Waals surface area contributed by atoms with Crippen LogP contribution in [-0.2, 0) is 87.8 Å². The van der Waals surface area contributed by atoms with E-state index in [2.05, 4.69) is 105 Å². The molecule has 0 radical (unpaired) electrons. The van der Waals surface area contributed by atoms with Crippen LogP contribution in [0.15, 0.2) is 25.3 Å². The number of hydrogen-bond acceptors (Lipinski definition) is 21. The lowest BCUT2D eigenvalue weighted by molar-refractivity contribution is -0.145. The van der Waals surface area contributed by atoms with Crippen LogP contribution in [0, 0.1) is 109 Å². The van der Waals surface area contributed by atoms with Gasteiger partial charge in [-0.3, -0.25) is 57.5 Å². The first-order valence-corrected chi connectivity index (χ1v) is 59.3. The highest BCUT2D eigenvalue weighted by molar-refractivity contribution is 7.89. The molecule has 43 heteroatoms. The maximum atomic E-state index is 14.5. The Morgan fingerprint density at radius 3 is 1.08 bits per heavy atom. The molecule has 0 bridgehead atoms. The Kier molecular flexibility index (Phi) is 39.4. The van der Waals surface area contributed by atoms with Crippen LogP contribution in [0.3, 0.4) is 0 Å². The zero-order valence-corrected chi connectivity index (χ0v) is 94.7. The van der Waals surface area contributed by atoms with Gasteiger partial charge >= 0.3 is 18.1 Å². The second-order valence-electron chi connectivity index (χ2n) is 50.7. The van der Waals surface area contributed by atoms with Crippen LogP contribution in [0.25, 0.3) is 0 Å². The molecule has 7 aliphatic carbocycles. The van der Waals surface area contributed by atoms with Gasteiger partial charge in [0.05, 0.1) is 29.6 Å². The van der Waals surface area contributed by atoms with Crippen molar-refractivity contribution in [2.75, 3.05) is 97.1 Å². The molecular weight excluding hydrogens is 1980 g/mol. The van der Waals surface area contributed by atoms with Gasteiger partial charge in [-0.2, -0.15) is 25.6 Å². The van der Waals surface area contributed by atoms with Crippen LogP contribution in [0.1, 0.15) is 279 Å². The number of piperidine rings is 3. The van der Waals surface area contributed by atoms with Crippen molar-refractivity contribution in [1.29, 1.82) is 0 Å².